The van der Waals surface area contributed by atoms with Crippen LogP contribution in [-0.4, -0.2) is 46.6 Å². The largest absolute Gasteiger partial charge is 0.388 e. The molecule has 2 unspecified atom stereocenters. The number of fused-ring (bicyclic) bond motifs is 1. The van der Waals surface area contributed by atoms with Crippen molar-refractivity contribution in [2.75, 3.05) is 19.3 Å². The first-order valence-corrected chi connectivity index (χ1v) is 10.4. The molecule has 130 valence electrons. The highest BCUT2D eigenvalue weighted by molar-refractivity contribution is 7.88. The Morgan fingerprint density at radius 2 is 2.12 bits per heavy atom. The smallest absolute Gasteiger partial charge is 0.211 e. The molecule has 3 heterocycles. The van der Waals surface area contributed by atoms with Gasteiger partial charge in [-0.1, -0.05) is 0 Å². The molecule has 1 aliphatic heterocycles. The molecule has 2 aromatic rings. The van der Waals surface area contributed by atoms with Crippen LogP contribution in [0.3, 0.4) is 0 Å². The van der Waals surface area contributed by atoms with Crippen LogP contribution in [0.2, 0.25) is 0 Å². The fraction of sp³-hybridized carbons (Fsp3) is 0.588. The fourth-order valence-corrected chi connectivity index (χ4v) is 4.79. The van der Waals surface area contributed by atoms with Crippen LogP contribution in [0.1, 0.15) is 48.8 Å². The van der Waals surface area contributed by atoms with Gasteiger partial charge in [-0.2, -0.15) is 0 Å². The Hall–Kier alpha value is -1.44. The van der Waals surface area contributed by atoms with E-state index in [0.717, 1.165) is 36.8 Å². The lowest BCUT2D eigenvalue weighted by Crippen LogP contribution is -2.41. The SMILES string of the molecule is CS(=O)(=O)N1CCCC(C(O)c2c(C3CC3)ccn3cncc23)C1. The normalized spacial score (nSPS) is 24.3. The van der Waals surface area contributed by atoms with E-state index in [1.807, 2.05) is 10.6 Å². The zero-order valence-electron chi connectivity index (χ0n) is 13.8. The molecule has 4 rings (SSSR count). The monoisotopic (exact) mass is 349 g/mol. The van der Waals surface area contributed by atoms with Crippen molar-refractivity contribution >= 4 is 15.5 Å². The Balaban J connectivity index is 1.71. The van der Waals surface area contributed by atoms with Gasteiger partial charge in [0, 0.05) is 30.8 Å². The van der Waals surface area contributed by atoms with Crippen LogP contribution in [0.4, 0.5) is 0 Å². The summed E-state index contributed by atoms with van der Waals surface area (Å²) >= 11 is 0. The Kier molecular flexibility index (Phi) is 3.89. The highest BCUT2D eigenvalue weighted by Crippen LogP contribution is 2.45. The summed E-state index contributed by atoms with van der Waals surface area (Å²) < 4.78 is 27.2. The maximum absolute atomic E-state index is 11.9. The summed E-state index contributed by atoms with van der Waals surface area (Å²) in [7, 11) is -3.22. The van der Waals surface area contributed by atoms with Gasteiger partial charge in [0.15, 0.2) is 0 Å². The second-order valence-corrected chi connectivity index (χ2v) is 9.10. The molecule has 2 aromatic heterocycles. The molecule has 1 N–H and O–H groups in total. The third-order valence-electron chi connectivity index (χ3n) is 5.32. The molecule has 6 nitrogen and oxygen atoms in total. The standard InChI is InChI=1S/C17H23N3O3S/c1-24(22,23)20-7-2-3-13(10-20)17(21)16-14(12-4-5-12)6-8-19-11-18-9-15(16)19/h6,8-9,11-13,17,21H,2-5,7,10H2,1H3. The first-order valence-electron chi connectivity index (χ1n) is 8.53. The van der Waals surface area contributed by atoms with Crippen molar-refractivity contribution in [1.82, 2.24) is 13.7 Å². The highest BCUT2D eigenvalue weighted by atomic mass is 32.2. The van der Waals surface area contributed by atoms with Crippen molar-refractivity contribution in [1.29, 1.82) is 0 Å². The van der Waals surface area contributed by atoms with Crippen molar-refractivity contribution in [2.24, 2.45) is 5.92 Å². The van der Waals surface area contributed by atoms with Crippen molar-refractivity contribution in [3.63, 3.8) is 0 Å². The van der Waals surface area contributed by atoms with Gasteiger partial charge in [0.2, 0.25) is 10.0 Å². The molecule has 0 spiro atoms. The highest BCUT2D eigenvalue weighted by Gasteiger charge is 2.35. The minimum absolute atomic E-state index is 0.0768. The van der Waals surface area contributed by atoms with E-state index < -0.39 is 16.1 Å². The summed E-state index contributed by atoms with van der Waals surface area (Å²) in [4.78, 5) is 4.21. The van der Waals surface area contributed by atoms with E-state index in [1.165, 1.54) is 16.1 Å². The van der Waals surface area contributed by atoms with Gasteiger partial charge < -0.3 is 9.51 Å². The molecular formula is C17H23N3O3S. The van der Waals surface area contributed by atoms with Crippen molar-refractivity contribution in [3.8, 4) is 0 Å². The van der Waals surface area contributed by atoms with Crippen LogP contribution in [0.5, 0.6) is 0 Å². The Labute approximate surface area is 142 Å². The summed E-state index contributed by atoms with van der Waals surface area (Å²) in [5.74, 6) is 0.441. The summed E-state index contributed by atoms with van der Waals surface area (Å²) in [5.41, 5.74) is 3.08. The van der Waals surface area contributed by atoms with Crippen LogP contribution in [0.15, 0.2) is 24.8 Å². The van der Waals surface area contributed by atoms with Gasteiger partial charge in [-0.05, 0) is 43.2 Å². The van der Waals surface area contributed by atoms with Crippen molar-refractivity contribution < 1.29 is 13.5 Å². The minimum Gasteiger partial charge on any atom is -0.388 e. The first kappa shape index (κ1) is 16.1. The molecule has 2 atom stereocenters. The fourth-order valence-electron chi connectivity index (χ4n) is 3.87. The lowest BCUT2D eigenvalue weighted by Gasteiger charge is -2.34. The van der Waals surface area contributed by atoms with E-state index in [-0.39, 0.29) is 5.92 Å². The molecule has 2 aliphatic rings. The number of imidazole rings is 1. The third kappa shape index (κ3) is 2.85. The number of aliphatic hydroxyl groups is 1. The zero-order chi connectivity index (χ0) is 16.9. The number of sulfonamides is 1. The molecule has 0 bridgehead atoms. The molecule has 7 heteroatoms. The Morgan fingerprint density at radius 1 is 1.33 bits per heavy atom. The lowest BCUT2D eigenvalue weighted by atomic mass is 9.86. The topological polar surface area (TPSA) is 74.9 Å². The average molecular weight is 349 g/mol. The molecule has 24 heavy (non-hydrogen) atoms. The quantitative estimate of drug-likeness (QED) is 0.915. The van der Waals surface area contributed by atoms with Gasteiger partial charge >= 0.3 is 0 Å². The number of nitrogens with zero attached hydrogens (tertiary/aromatic N) is 3. The zero-order valence-corrected chi connectivity index (χ0v) is 14.6. The minimum atomic E-state index is -3.22. The number of aromatic nitrogens is 2. The van der Waals surface area contributed by atoms with Crippen LogP contribution in [0, 0.1) is 5.92 Å². The van der Waals surface area contributed by atoms with Gasteiger partial charge in [-0.3, -0.25) is 0 Å². The predicted octanol–water partition coefficient (Wildman–Crippen LogP) is 1.92. The van der Waals surface area contributed by atoms with E-state index in [2.05, 4.69) is 11.1 Å². The van der Waals surface area contributed by atoms with Gasteiger partial charge in [0.25, 0.3) is 0 Å². The number of piperidine rings is 1. The van der Waals surface area contributed by atoms with E-state index in [0.29, 0.717) is 19.0 Å². The molecule has 2 fully saturated rings. The van der Waals surface area contributed by atoms with Crippen LogP contribution >= 0.6 is 0 Å². The van der Waals surface area contributed by atoms with Gasteiger partial charge in [-0.25, -0.2) is 17.7 Å². The number of rotatable bonds is 4. The van der Waals surface area contributed by atoms with Crippen molar-refractivity contribution in [3.05, 3.63) is 35.9 Å². The summed E-state index contributed by atoms with van der Waals surface area (Å²) in [6.07, 6.45) is 10.1. The lowest BCUT2D eigenvalue weighted by molar-refractivity contribution is 0.0739. The second kappa shape index (κ2) is 5.82. The molecule has 0 amide bonds. The van der Waals surface area contributed by atoms with Gasteiger partial charge in [0.1, 0.15) is 0 Å². The summed E-state index contributed by atoms with van der Waals surface area (Å²) in [6.45, 7) is 0.938. The third-order valence-corrected chi connectivity index (χ3v) is 6.59. The molecule has 1 aliphatic carbocycles. The van der Waals surface area contributed by atoms with Crippen molar-refractivity contribution in [2.45, 2.75) is 37.7 Å². The van der Waals surface area contributed by atoms with Crippen LogP contribution in [-0.2, 0) is 10.0 Å². The van der Waals surface area contributed by atoms with Crippen LogP contribution < -0.4 is 0 Å². The van der Waals surface area contributed by atoms with E-state index in [9.17, 15) is 13.5 Å². The number of hydrogen-bond acceptors (Lipinski definition) is 4. The van der Waals surface area contributed by atoms with Gasteiger partial charge in [0.05, 0.1) is 30.4 Å². The summed E-state index contributed by atoms with van der Waals surface area (Å²) in [6, 6.07) is 2.09. The first-order chi connectivity index (χ1) is 11.4. The Bertz CT molecular complexity index is 857. The average Bonchev–Trinajstić information content (AvgIpc) is 3.29. The van der Waals surface area contributed by atoms with Crippen LogP contribution in [0.25, 0.3) is 5.52 Å². The maximum atomic E-state index is 11.9. The number of hydrogen-bond donors (Lipinski definition) is 1. The maximum Gasteiger partial charge on any atom is 0.211 e. The van der Waals surface area contributed by atoms with E-state index in [1.54, 1.807) is 12.5 Å². The second-order valence-electron chi connectivity index (χ2n) is 7.11. The van der Waals surface area contributed by atoms with Gasteiger partial charge in [-0.15, -0.1) is 0 Å². The molecule has 0 radical (unpaired) electrons. The molecule has 1 saturated carbocycles. The van der Waals surface area contributed by atoms with E-state index in [4.69, 9.17) is 0 Å². The van der Waals surface area contributed by atoms with E-state index >= 15 is 0 Å². The molecular weight excluding hydrogens is 326 g/mol. The number of pyridine rings is 1. The molecule has 0 aromatic carbocycles. The Morgan fingerprint density at radius 3 is 2.83 bits per heavy atom. The number of aliphatic hydroxyl groups excluding tert-OH is 1. The molecule has 1 saturated heterocycles. The predicted molar refractivity (Wildman–Crippen MR) is 91.3 cm³/mol. The summed E-state index contributed by atoms with van der Waals surface area (Å²) in [5, 5.41) is 11.1.